The largest absolute Gasteiger partial charge is 0.328 e. The molecule has 0 amide bonds. The van der Waals surface area contributed by atoms with Crippen molar-refractivity contribution in [3.8, 4) is 0 Å². The Kier molecular flexibility index (Phi) is 3.62. The summed E-state index contributed by atoms with van der Waals surface area (Å²) in [7, 11) is 0. The Morgan fingerprint density at radius 1 is 1.25 bits per heavy atom. The van der Waals surface area contributed by atoms with Crippen molar-refractivity contribution in [1.29, 1.82) is 0 Å². The van der Waals surface area contributed by atoms with Gasteiger partial charge in [-0.25, -0.2) is 0 Å². The minimum absolute atomic E-state index is 0.327. The molecule has 0 radical (unpaired) electrons. The number of hydrogen-bond acceptors (Lipinski definition) is 2. The minimum atomic E-state index is 0.327. The van der Waals surface area contributed by atoms with E-state index in [9.17, 15) is 0 Å². The molecule has 2 heteroatoms. The Balaban J connectivity index is 2.00. The Morgan fingerprint density at radius 3 is 2.50 bits per heavy atom. The average molecular weight is 218 g/mol. The second kappa shape index (κ2) is 4.98. The van der Waals surface area contributed by atoms with Gasteiger partial charge in [0.05, 0.1) is 0 Å². The van der Waals surface area contributed by atoms with Crippen LogP contribution in [0, 0.1) is 5.92 Å². The maximum atomic E-state index is 5.97. The molecule has 88 valence electrons. The predicted octanol–water partition coefficient (Wildman–Crippen LogP) is 2.42. The fourth-order valence-corrected chi connectivity index (χ4v) is 2.54. The summed E-state index contributed by atoms with van der Waals surface area (Å²) < 4.78 is 0. The maximum Gasteiger partial charge on any atom is 0.0320 e. The van der Waals surface area contributed by atoms with Gasteiger partial charge in [-0.3, -0.25) is 4.90 Å². The van der Waals surface area contributed by atoms with Crippen molar-refractivity contribution >= 4 is 0 Å². The maximum absolute atomic E-state index is 5.97. The lowest BCUT2D eigenvalue weighted by Crippen LogP contribution is -2.30. The van der Waals surface area contributed by atoms with Crippen LogP contribution in [0.25, 0.3) is 0 Å². The van der Waals surface area contributed by atoms with Crippen molar-refractivity contribution in [1.82, 2.24) is 4.90 Å². The van der Waals surface area contributed by atoms with Crippen molar-refractivity contribution in [2.75, 3.05) is 13.1 Å². The summed E-state index contributed by atoms with van der Waals surface area (Å²) in [6.45, 7) is 6.75. The van der Waals surface area contributed by atoms with Gasteiger partial charge in [0.2, 0.25) is 0 Å². The van der Waals surface area contributed by atoms with Crippen molar-refractivity contribution < 1.29 is 0 Å². The molecule has 0 aromatic heterocycles. The first kappa shape index (κ1) is 11.6. The highest BCUT2D eigenvalue weighted by Gasteiger charge is 2.28. The molecule has 3 atom stereocenters. The topological polar surface area (TPSA) is 29.3 Å². The van der Waals surface area contributed by atoms with Gasteiger partial charge in [-0.1, -0.05) is 30.3 Å². The third-order valence-corrected chi connectivity index (χ3v) is 3.83. The second-order valence-electron chi connectivity index (χ2n) is 4.99. The van der Waals surface area contributed by atoms with E-state index < -0.39 is 0 Å². The zero-order valence-corrected chi connectivity index (χ0v) is 10.3. The number of rotatable bonds is 3. The Morgan fingerprint density at radius 2 is 1.94 bits per heavy atom. The number of nitrogens with zero attached hydrogens (tertiary/aromatic N) is 1. The van der Waals surface area contributed by atoms with Crippen molar-refractivity contribution in [3.63, 3.8) is 0 Å². The van der Waals surface area contributed by atoms with Crippen molar-refractivity contribution in [3.05, 3.63) is 35.9 Å². The van der Waals surface area contributed by atoms with Crippen molar-refractivity contribution in [2.24, 2.45) is 11.7 Å². The standard InChI is InChI=1S/C14H22N2/c1-11(15)14-8-9-16(10-14)12(2)13-6-4-3-5-7-13/h3-7,11-12,14H,8-10,15H2,1-2H3/t11-,12-,14+/m1/s1. The summed E-state index contributed by atoms with van der Waals surface area (Å²) in [6.07, 6.45) is 1.24. The molecule has 16 heavy (non-hydrogen) atoms. The number of nitrogens with two attached hydrogens (primary N) is 1. The zero-order chi connectivity index (χ0) is 11.5. The van der Waals surface area contributed by atoms with E-state index in [0.717, 1.165) is 6.54 Å². The van der Waals surface area contributed by atoms with Crippen LogP contribution in [0.1, 0.15) is 31.9 Å². The minimum Gasteiger partial charge on any atom is -0.328 e. The molecule has 0 spiro atoms. The summed E-state index contributed by atoms with van der Waals surface area (Å²) in [5.41, 5.74) is 7.38. The quantitative estimate of drug-likeness (QED) is 0.844. The van der Waals surface area contributed by atoms with Crippen LogP contribution in [0.3, 0.4) is 0 Å². The third kappa shape index (κ3) is 2.45. The lowest BCUT2D eigenvalue weighted by Gasteiger charge is -2.25. The molecule has 1 fully saturated rings. The van der Waals surface area contributed by atoms with Crippen LogP contribution in [-0.4, -0.2) is 24.0 Å². The molecule has 2 rings (SSSR count). The van der Waals surface area contributed by atoms with E-state index in [1.807, 2.05) is 0 Å². The van der Waals surface area contributed by atoms with Crippen LogP contribution in [0.5, 0.6) is 0 Å². The highest BCUT2D eigenvalue weighted by molar-refractivity contribution is 5.18. The lowest BCUT2D eigenvalue weighted by molar-refractivity contribution is 0.248. The van der Waals surface area contributed by atoms with Gasteiger partial charge in [0.15, 0.2) is 0 Å². The van der Waals surface area contributed by atoms with Crippen LogP contribution in [-0.2, 0) is 0 Å². The summed E-state index contributed by atoms with van der Waals surface area (Å²) in [4.78, 5) is 2.54. The molecule has 1 aromatic carbocycles. The number of likely N-dealkylation sites (tertiary alicyclic amines) is 1. The van der Waals surface area contributed by atoms with Gasteiger partial charge in [0.1, 0.15) is 0 Å². The molecule has 0 saturated carbocycles. The third-order valence-electron chi connectivity index (χ3n) is 3.83. The monoisotopic (exact) mass is 218 g/mol. The average Bonchev–Trinajstić information content (AvgIpc) is 2.78. The van der Waals surface area contributed by atoms with Gasteiger partial charge < -0.3 is 5.73 Å². The molecular weight excluding hydrogens is 196 g/mol. The summed E-state index contributed by atoms with van der Waals surface area (Å²) in [5.74, 6) is 0.672. The molecule has 1 aliphatic rings. The molecule has 2 nitrogen and oxygen atoms in total. The normalized spacial score (nSPS) is 25.6. The first-order valence-corrected chi connectivity index (χ1v) is 6.23. The van der Waals surface area contributed by atoms with Crippen molar-refractivity contribution in [2.45, 2.75) is 32.4 Å². The van der Waals surface area contributed by atoms with Gasteiger partial charge in [-0.05, 0) is 38.3 Å². The number of hydrogen-bond donors (Lipinski definition) is 1. The van der Waals surface area contributed by atoms with E-state index in [0.29, 0.717) is 18.0 Å². The fourth-order valence-electron chi connectivity index (χ4n) is 2.54. The Bertz CT molecular complexity index is 321. The molecular formula is C14H22N2. The number of benzene rings is 1. The second-order valence-corrected chi connectivity index (χ2v) is 4.99. The van der Waals surface area contributed by atoms with Crippen LogP contribution >= 0.6 is 0 Å². The molecule has 0 bridgehead atoms. The molecule has 1 saturated heterocycles. The lowest BCUT2D eigenvalue weighted by atomic mass is 10.0. The molecule has 0 aliphatic carbocycles. The van der Waals surface area contributed by atoms with Crippen LogP contribution in [0.4, 0.5) is 0 Å². The molecule has 0 unspecified atom stereocenters. The van der Waals surface area contributed by atoms with Gasteiger partial charge >= 0.3 is 0 Å². The van der Waals surface area contributed by atoms with E-state index >= 15 is 0 Å². The fraction of sp³-hybridized carbons (Fsp3) is 0.571. The van der Waals surface area contributed by atoms with Gasteiger partial charge in [-0.2, -0.15) is 0 Å². The van der Waals surface area contributed by atoms with Gasteiger partial charge in [0.25, 0.3) is 0 Å². The SMILES string of the molecule is C[C@H](c1ccccc1)N1CC[C@H]([C@@H](C)N)C1. The summed E-state index contributed by atoms with van der Waals surface area (Å²) in [5, 5.41) is 0. The summed E-state index contributed by atoms with van der Waals surface area (Å²) >= 11 is 0. The first-order valence-electron chi connectivity index (χ1n) is 6.23. The highest BCUT2D eigenvalue weighted by atomic mass is 15.2. The van der Waals surface area contributed by atoms with E-state index in [4.69, 9.17) is 5.73 Å². The Hall–Kier alpha value is -0.860. The van der Waals surface area contributed by atoms with Crippen LogP contribution in [0.2, 0.25) is 0 Å². The first-order chi connectivity index (χ1) is 7.68. The van der Waals surface area contributed by atoms with Crippen LogP contribution in [0.15, 0.2) is 30.3 Å². The molecule has 1 aliphatic heterocycles. The van der Waals surface area contributed by atoms with Crippen LogP contribution < -0.4 is 5.73 Å². The van der Waals surface area contributed by atoms with E-state index in [1.54, 1.807) is 0 Å². The zero-order valence-electron chi connectivity index (χ0n) is 10.3. The van der Waals surface area contributed by atoms with Gasteiger partial charge in [-0.15, -0.1) is 0 Å². The summed E-state index contributed by atoms with van der Waals surface area (Å²) in [6, 6.07) is 11.6. The smallest absolute Gasteiger partial charge is 0.0320 e. The predicted molar refractivity (Wildman–Crippen MR) is 68.2 cm³/mol. The van der Waals surface area contributed by atoms with E-state index in [1.165, 1.54) is 18.5 Å². The molecule has 1 heterocycles. The Labute approximate surface area is 98.4 Å². The van der Waals surface area contributed by atoms with E-state index in [-0.39, 0.29) is 0 Å². The van der Waals surface area contributed by atoms with E-state index in [2.05, 4.69) is 49.1 Å². The molecule has 1 aromatic rings. The van der Waals surface area contributed by atoms with Gasteiger partial charge in [0, 0.05) is 18.6 Å². The molecule has 2 N–H and O–H groups in total. The highest BCUT2D eigenvalue weighted by Crippen LogP contribution is 2.28.